The summed E-state index contributed by atoms with van der Waals surface area (Å²) in [5.41, 5.74) is 0.924. The van der Waals surface area contributed by atoms with Crippen molar-refractivity contribution in [2.45, 2.75) is 0 Å². The molecule has 0 aromatic carbocycles. The van der Waals surface area contributed by atoms with Gasteiger partial charge in [-0.05, 0) is 24.8 Å². The largest absolute Gasteiger partial charge is 0.257 e. The maximum atomic E-state index is 8.57. The van der Waals surface area contributed by atoms with Gasteiger partial charge in [-0.1, -0.05) is 12.6 Å². The average molecular weight is 147 g/mol. The van der Waals surface area contributed by atoms with E-state index in [0.29, 0.717) is 0 Å². The molecule has 0 fully saturated rings. The van der Waals surface area contributed by atoms with E-state index < -0.39 is 0 Å². The SMILES string of the molecule is C=C=O.C=Cc1ccccn1. The topological polar surface area (TPSA) is 30.0 Å². The van der Waals surface area contributed by atoms with E-state index in [9.17, 15) is 0 Å². The van der Waals surface area contributed by atoms with E-state index >= 15 is 0 Å². The lowest BCUT2D eigenvalue weighted by Gasteiger charge is -1.84. The highest BCUT2D eigenvalue weighted by molar-refractivity contribution is 5.40. The summed E-state index contributed by atoms with van der Waals surface area (Å²) in [5, 5.41) is 0. The first-order valence-electron chi connectivity index (χ1n) is 3.03. The lowest BCUT2D eigenvalue weighted by molar-refractivity contribution is 0.569. The van der Waals surface area contributed by atoms with Crippen molar-refractivity contribution < 1.29 is 4.79 Å². The number of pyridine rings is 1. The summed E-state index contributed by atoms with van der Waals surface area (Å²) < 4.78 is 0. The Labute approximate surface area is 65.9 Å². The molecule has 2 nitrogen and oxygen atoms in total. The molecular weight excluding hydrogens is 138 g/mol. The predicted octanol–water partition coefficient (Wildman–Crippen LogP) is 1.73. The Kier molecular flexibility index (Phi) is 5.49. The van der Waals surface area contributed by atoms with Gasteiger partial charge in [-0.2, -0.15) is 0 Å². The van der Waals surface area contributed by atoms with Crippen LogP contribution in [0.2, 0.25) is 0 Å². The molecule has 0 atom stereocenters. The molecule has 0 aliphatic heterocycles. The van der Waals surface area contributed by atoms with Gasteiger partial charge in [0.05, 0.1) is 5.69 Å². The van der Waals surface area contributed by atoms with Crippen LogP contribution in [-0.4, -0.2) is 10.9 Å². The summed E-state index contributed by atoms with van der Waals surface area (Å²) in [5.74, 6) is 1.25. The molecule has 0 aliphatic carbocycles. The summed E-state index contributed by atoms with van der Waals surface area (Å²) in [6, 6.07) is 5.73. The molecule has 11 heavy (non-hydrogen) atoms. The van der Waals surface area contributed by atoms with Gasteiger partial charge in [0.25, 0.3) is 0 Å². The Morgan fingerprint density at radius 2 is 2.18 bits per heavy atom. The summed E-state index contributed by atoms with van der Waals surface area (Å²) >= 11 is 0. The third kappa shape index (κ3) is 4.82. The van der Waals surface area contributed by atoms with Crippen molar-refractivity contribution in [2.24, 2.45) is 0 Å². The van der Waals surface area contributed by atoms with Crippen LogP contribution in [0.25, 0.3) is 6.08 Å². The number of aromatic nitrogens is 1. The van der Waals surface area contributed by atoms with Gasteiger partial charge in [0, 0.05) is 6.20 Å². The molecule has 0 unspecified atom stereocenters. The molecular formula is C9H9NO. The minimum absolute atomic E-state index is 0.924. The molecule has 0 N–H and O–H groups in total. The summed E-state index contributed by atoms with van der Waals surface area (Å²) in [6.07, 6.45) is 3.47. The molecule has 0 saturated carbocycles. The van der Waals surface area contributed by atoms with E-state index in [1.54, 1.807) is 12.3 Å². The van der Waals surface area contributed by atoms with Crippen molar-refractivity contribution in [1.29, 1.82) is 0 Å². The van der Waals surface area contributed by atoms with Gasteiger partial charge in [-0.25, -0.2) is 4.79 Å². The number of hydrogen-bond acceptors (Lipinski definition) is 2. The Morgan fingerprint density at radius 3 is 2.45 bits per heavy atom. The van der Waals surface area contributed by atoms with Crippen molar-refractivity contribution >= 4 is 12.0 Å². The minimum Gasteiger partial charge on any atom is -0.257 e. The predicted molar refractivity (Wildman–Crippen MR) is 45.6 cm³/mol. The second-order valence-corrected chi connectivity index (χ2v) is 1.60. The zero-order chi connectivity index (χ0) is 8.53. The minimum atomic E-state index is 0.924. The van der Waals surface area contributed by atoms with Crippen LogP contribution >= 0.6 is 0 Å². The Hall–Kier alpha value is -1.66. The molecule has 0 aliphatic rings. The number of rotatable bonds is 1. The van der Waals surface area contributed by atoms with E-state index in [1.165, 1.54) is 5.94 Å². The molecule has 0 bridgehead atoms. The van der Waals surface area contributed by atoms with Crippen molar-refractivity contribution in [2.75, 3.05) is 0 Å². The highest BCUT2D eigenvalue weighted by atomic mass is 16.1. The van der Waals surface area contributed by atoms with Gasteiger partial charge in [0.1, 0.15) is 5.94 Å². The van der Waals surface area contributed by atoms with Gasteiger partial charge in [-0.3, -0.25) is 4.98 Å². The molecule has 1 aromatic heterocycles. The van der Waals surface area contributed by atoms with Crippen LogP contribution in [0.15, 0.2) is 37.6 Å². The molecule has 0 saturated heterocycles. The Morgan fingerprint density at radius 1 is 1.55 bits per heavy atom. The number of nitrogens with zero attached hydrogens (tertiary/aromatic N) is 1. The van der Waals surface area contributed by atoms with Crippen LogP contribution in [0, 0.1) is 0 Å². The van der Waals surface area contributed by atoms with E-state index in [1.807, 2.05) is 18.2 Å². The van der Waals surface area contributed by atoms with Gasteiger partial charge >= 0.3 is 0 Å². The first-order valence-corrected chi connectivity index (χ1v) is 3.03. The molecule has 1 rings (SSSR count). The van der Waals surface area contributed by atoms with Crippen molar-refractivity contribution in [3.05, 3.63) is 43.2 Å². The molecule has 1 heterocycles. The van der Waals surface area contributed by atoms with Gasteiger partial charge in [-0.15, -0.1) is 0 Å². The maximum Gasteiger partial charge on any atom is 0.116 e. The monoisotopic (exact) mass is 147 g/mol. The van der Waals surface area contributed by atoms with Gasteiger partial charge in [0.2, 0.25) is 0 Å². The Bertz CT molecular complexity index is 235. The molecule has 0 amide bonds. The van der Waals surface area contributed by atoms with Crippen LogP contribution in [0.1, 0.15) is 5.69 Å². The first-order chi connectivity index (χ1) is 5.35. The lowest BCUT2D eigenvalue weighted by atomic mass is 10.4. The number of hydrogen-bond donors (Lipinski definition) is 0. The van der Waals surface area contributed by atoms with Gasteiger partial charge in [0.15, 0.2) is 0 Å². The summed E-state index contributed by atoms with van der Waals surface area (Å²) in [4.78, 5) is 12.5. The Balaban J connectivity index is 0.000000292. The summed E-state index contributed by atoms with van der Waals surface area (Å²) in [6.45, 7) is 6.25. The van der Waals surface area contributed by atoms with Crippen LogP contribution in [-0.2, 0) is 4.79 Å². The van der Waals surface area contributed by atoms with Crippen molar-refractivity contribution in [3.63, 3.8) is 0 Å². The van der Waals surface area contributed by atoms with E-state index in [-0.39, 0.29) is 0 Å². The first kappa shape index (κ1) is 9.34. The van der Waals surface area contributed by atoms with E-state index in [2.05, 4.69) is 18.1 Å². The third-order valence-corrected chi connectivity index (χ3v) is 0.897. The zero-order valence-electron chi connectivity index (χ0n) is 6.16. The highest BCUT2D eigenvalue weighted by Crippen LogP contribution is 1.91. The summed E-state index contributed by atoms with van der Waals surface area (Å²) in [7, 11) is 0. The maximum absolute atomic E-state index is 8.57. The normalized spacial score (nSPS) is 6.91. The molecule has 56 valence electrons. The van der Waals surface area contributed by atoms with Gasteiger partial charge < -0.3 is 0 Å². The van der Waals surface area contributed by atoms with E-state index in [4.69, 9.17) is 4.79 Å². The van der Waals surface area contributed by atoms with Crippen LogP contribution < -0.4 is 0 Å². The van der Waals surface area contributed by atoms with Crippen LogP contribution in [0.3, 0.4) is 0 Å². The fraction of sp³-hybridized carbons (Fsp3) is 0. The lowest BCUT2D eigenvalue weighted by Crippen LogP contribution is -1.73. The zero-order valence-corrected chi connectivity index (χ0v) is 6.16. The highest BCUT2D eigenvalue weighted by Gasteiger charge is 1.77. The molecule has 2 heteroatoms. The quantitative estimate of drug-likeness (QED) is 0.566. The van der Waals surface area contributed by atoms with Crippen molar-refractivity contribution in [3.8, 4) is 0 Å². The standard InChI is InChI=1S/C7H7N.C2H2O/c1-2-7-5-3-4-6-8-7;1-2-3/h2-6H,1H2;1H2. The average Bonchev–Trinajstić information content (AvgIpc) is 2.08. The molecule has 0 spiro atoms. The number of carbonyl (C=O) groups excluding carboxylic acids is 1. The molecule has 1 aromatic rings. The molecule has 0 radical (unpaired) electrons. The fourth-order valence-corrected chi connectivity index (χ4v) is 0.497. The van der Waals surface area contributed by atoms with Crippen LogP contribution in [0.5, 0.6) is 0 Å². The fourth-order valence-electron chi connectivity index (χ4n) is 0.497. The van der Waals surface area contributed by atoms with E-state index in [0.717, 1.165) is 5.69 Å². The third-order valence-electron chi connectivity index (χ3n) is 0.897. The second kappa shape index (κ2) is 6.46. The van der Waals surface area contributed by atoms with Crippen molar-refractivity contribution in [1.82, 2.24) is 4.98 Å². The smallest absolute Gasteiger partial charge is 0.116 e. The van der Waals surface area contributed by atoms with Crippen LogP contribution in [0.4, 0.5) is 0 Å². The second-order valence-electron chi connectivity index (χ2n) is 1.60.